The van der Waals surface area contributed by atoms with E-state index in [0.29, 0.717) is 34.2 Å². The summed E-state index contributed by atoms with van der Waals surface area (Å²) in [4.78, 5) is 39.1. The Morgan fingerprint density at radius 2 is 1.82 bits per heavy atom. The number of nitriles is 1. The van der Waals surface area contributed by atoms with Crippen molar-refractivity contribution in [1.82, 2.24) is 4.90 Å². The van der Waals surface area contributed by atoms with Gasteiger partial charge in [0.2, 0.25) is 5.91 Å². The summed E-state index contributed by atoms with van der Waals surface area (Å²) in [6.45, 7) is 3.96. The highest BCUT2D eigenvalue weighted by Gasteiger charge is 2.36. The summed E-state index contributed by atoms with van der Waals surface area (Å²) in [5.74, 6) is 0.265. The number of rotatable bonds is 9. The smallest absolute Gasteiger partial charge is 0.294 e. The first-order valence-electron chi connectivity index (χ1n) is 12.2. The van der Waals surface area contributed by atoms with Crippen LogP contribution in [0.15, 0.2) is 71.6 Å². The van der Waals surface area contributed by atoms with Gasteiger partial charge in [-0.1, -0.05) is 50.2 Å². The number of carbonyl (C=O) groups excluding carboxylic acids is 3. The van der Waals surface area contributed by atoms with E-state index in [4.69, 9.17) is 9.47 Å². The van der Waals surface area contributed by atoms with Gasteiger partial charge in [-0.05, 0) is 65.2 Å². The van der Waals surface area contributed by atoms with Crippen molar-refractivity contribution < 1.29 is 23.9 Å². The van der Waals surface area contributed by atoms with Crippen molar-refractivity contribution >= 4 is 40.6 Å². The number of thioether (sulfide) groups is 1. The first-order chi connectivity index (χ1) is 18.8. The maximum Gasteiger partial charge on any atom is 0.294 e. The molecule has 8 nitrogen and oxygen atoms in total. The van der Waals surface area contributed by atoms with Crippen LogP contribution in [0.25, 0.3) is 6.08 Å². The van der Waals surface area contributed by atoms with Crippen LogP contribution in [0.1, 0.15) is 42.0 Å². The zero-order valence-electron chi connectivity index (χ0n) is 21.8. The minimum atomic E-state index is -0.539. The largest absolute Gasteiger partial charge is 0.493 e. The summed E-state index contributed by atoms with van der Waals surface area (Å²) < 4.78 is 11.3. The fraction of sp³-hybridized carbons (Fsp3) is 0.200. The molecule has 1 aliphatic rings. The number of methoxy groups -OCH3 is 1. The first kappa shape index (κ1) is 27.5. The number of anilines is 1. The van der Waals surface area contributed by atoms with Crippen LogP contribution in [0.3, 0.4) is 0 Å². The lowest BCUT2D eigenvalue weighted by molar-refractivity contribution is -0.127. The number of nitrogens with zero attached hydrogens (tertiary/aromatic N) is 2. The van der Waals surface area contributed by atoms with E-state index in [1.165, 1.54) is 7.11 Å². The molecule has 1 saturated heterocycles. The van der Waals surface area contributed by atoms with E-state index >= 15 is 0 Å². The molecule has 0 bridgehead atoms. The minimum Gasteiger partial charge on any atom is -0.493 e. The van der Waals surface area contributed by atoms with Crippen LogP contribution in [0, 0.1) is 11.3 Å². The van der Waals surface area contributed by atoms with Crippen molar-refractivity contribution in [2.45, 2.75) is 26.4 Å². The molecule has 1 fully saturated rings. The topological polar surface area (TPSA) is 109 Å². The van der Waals surface area contributed by atoms with E-state index in [2.05, 4.69) is 25.2 Å². The van der Waals surface area contributed by atoms with Crippen molar-refractivity contribution in [3.63, 3.8) is 0 Å². The Morgan fingerprint density at radius 3 is 2.51 bits per heavy atom. The molecule has 1 aliphatic heterocycles. The molecule has 0 spiro atoms. The van der Waals surface area contributed by atoms with Crippen molar-refractivity contribution in [1.29, 1.82) is 5.26 Å². The van der Waals surface area contributed by atoms with Crippen LogP contribution in [-0.4, -0.2) is 35.6 Å². The lowest BCUT2D eigenvalue weighted by atomic mass is 10.0. The maximum absolute atomic E-state index is 12.9. The number of nitrogens with one attached hydrogen (secondary N) is 1. The van der Waals surface area contributed by atoms with Gasteiger partial charge in [-0.3, -0.25) is 19.3 Å². The van der Waals surface area contributed by atoms with E-state index in [1.54, 1.807) is 48.5 Å². The molecule has 1 heterocycles. The van der Waals surface area contributed by atoms with Crippen LogP contribution in [0.2, 0.25) is 0 Å². The molecule has 0 unspecified atom stereocenters. The molecular weight excluding hydrogens is 514 g/mol. The summed E-state index contributed by atoms with van der Waals surface area (Å²) in [7, 11) is 1.50. The van der Waals surface area contributed by atoms with E-state index in [9.17, 15) is 19.6 Å². The predicted octanol–water partition coefficient (Wildman–Crippen LogP) is 5.94. The van der Waals surface area contributed by atoms with Crippen LogP contribution in [-0.2, 0) is 16.2 Å². The van der Waals surface area contributed by atoms with E-state index in [1.807, 2.05) is 24.3 Å². The number of benzene rings is 3. The molecular formula is C30H27N3O5S. The average Bonchev–Trinajstić information content (AvgIpc) is 3.19. The Morgan fingerprint density at radius 1 is 1.08 bits per heavy atom. The zero-order chi connectivity index (χ0) is 27.9. The highest BCUT2D eigenvalue weighted by Crippen LogP contribution is 2.35. The van der Waals surface area contributed by atoms with Gasteiger partial charge in [0.15, 0.2) is 11.5 Å². The van der Waals surface area contributed by atoms with Crippen LogP contribution >= 0.6 is 11.8 Å². The Labute approximate surface area is 231 Å². The molecule has 3 amide bonds. The molecule has 3 aromatic carbocycles. The second-order valence-corrected chi connectivity index (χ2v) is 10.1. The number of imide groups is 1. The average molecular weight is 542 g/mol. The minimum absolute atomic E-state index is 0.183. The summed E-state index contributed by atoms with van der Waals surface area (Å²) in [5.41, 5.74) is 3.64. The third-order valence-corrected chi connectivity index (χ3v) is 6.95. The number of amides is 3. The Bertz CT molecular complexity index is 1470. The Hall–Kier alpha value is -4.55. The third kappa shape index (κ3) is 6.67. The van der Waals surface area contributed by atoms with E-state index in [-0.39, 0.29) is 18.1 Å². The van der Waals surface area contributed by atoms with Crippen LogP contribution < -0.4 is 14.8 Å². The molecule has 1 N–H and O–H groups in total. The van der Waals surface area contributed by atoms with Gasteiger partial charge >= 0.3 is 0 Å². The van der Waals surface area contributed by atoms with Gasteiger partial charge in [0, 0.05) is 11.3 Å². The van der Waals surface area contributed by atoms with Crippen molar-refractivity contribution in [3.05, 3.63) is 93.9 Å². The molecule has 198 valence electrons. The van der Waals surface area contributed by atoms with E-state index < -0.39 is 17.1 Å². The van der Waals surface area contributed by atoms with Crippen molar-refractivity contribution in [2.75, 3.05) is 19.0 Å². The van der Waals surface area contributed by atoms with Gasteiger partial charge in [-0.25, -0.2) is 0 Å². The summed E-state index contributed by atoms with van der Waals surface area (Å²) in [6.07, 6.45) is 1.57. The summed E-state index contributed by atoms with van der Waals surface area (Å²) >= 11 is 0.775. The second kappa shape index (κ2) is 12.3. The molecule has 39 heavy (non-hydrogen) atoms. The predicted molar refractivity (Wildman–Crippen MR) is 150 cm³/mol. The molecule has 4 rings (SSSR count). The second-order valence-electron chi connectivity index (χ2n) is 9.06. The first-order valence-corrected chi connectivity index (χ1v) is 13.0. The molecule has 3 aromatic rings. The number of hydrogen-bond donors (Lipinski definition) is 1. The monoisotopic (exact) mass is 541 g/mol. The van der Waals surface area contributed by atoms with Gasteiger partial charge in [0.05, 0.1) is 23.6 Å². The maximum atomic E-state index is 12.9. The molecule has 0 atom stereocenters. The quantitative estimate of drug-likeness (QED) is 0.334. The fourth-order valence-electron chi connectivity index (χ4n) is 3.89. The van der Waals surface area contributed by atoms with Gasteiger partial charge < -0.3 is 14.8 Å². The number of ether oxygens (including phenoxy) is 2. The zero-order valence-corrected chi connectivity index (χ0v) is 22.6. The standard InChI is InChI=1S/C30H27N3O5S/c1-19(2)21-9-11-24(12-10-21)32-28(34)17-33-29(35)27(39-30(33)36)15-20-8-13-25(26(14-20)37-3)38-18-23-7-5-4-6-22(23)16-31/h4-15,19H,17-18H2,1-3H3,(H,32,34)/b27-15-. The lowest BCUT2D eigenvalue weighted by Gasteiger charge is -2.13. The Kier molecular flexibility index (Phi) is 8.69. The van der Waals surface area contributed by atoms with Gasteiger partial charge in [-0.2, -0.15) is 5.26 Å². The fourth-order valence-corrected chi connectivity index (χ4v) is 4.73. The van der Waals surface area contributed by atoms with Crippen LogP contribution in [0.5, 0.6) is 11.5 Å². The van der Waals surface area contributed by atoms with Crippen LogP contribution in [0.4, 0.5) is 10.5 Å². The third-order valence-electron chi connectivity index (χ3n) is 6.04. The number of carbonyl (C=O) groups is 3. The van der Waals surface area contributed by atoms with Gasteiger partial charge in [0.1, 0.15) is 13.2 Å². The van der Waals surface area contributed by atoms with Crippen molar-refractivity contribution in [3.8, 4) is 17.6 Å². The lowest BCUT2D eigenvalue weighted by Crippen LogP contribution is -2.36. The van der Waals surface area contributed by atoms with Gasteiger partial charge in [0.25, 0.3) is 11.1 Å². The molecule has 0 radical (unpaired) electrons. The highest BCUT2D eigenvalue weighted by molar-refractivity contribution is 8.18. The Balaban J connectivity index is 1.41. The molecule has 0 aliphatic carbocycles. The number of hydrogen-bond acceptors (Lipinski definition) is 7. The highest BCUT2D eigenvalue weighted by atomic mass is 32.2. The van der Waals surface area contributed by atoms with E-state index in [0.717, 1.165) is 27.8 Å². The molecule has 9 heteroatoms. The SMILES string of the molecule is COc1cc(/C=C2\SC(=O)N(CC(=O)Nc3ccc(C(C)C)cc3)C2=O)ccc1OCc1ccccc1C#N. The molecule has 0 aromatic heterocycles. The summed E-state index contributed by atoms with van der Waals surface area (Å²) in [6, 6.07) is 21.9. The summed E-state index contributed by atoms with van der Waals surface area (Å²) in [5, 5.41) is 11.5. The molecule has 0 saturated carbocycles. The normalized spacial score (nSPS) is 14.0. The van der Waals surface area contributed by atoms with Gasteiger partial charge in [-0.15, -0.1) is 0 Å². The van der Waals surface area contributed by atoms with Crippen molar-refractivity contribution in [2.24, 2.45) is 0 Å².